The van der Waals surface area contributed by atoms with Crippen molar-refractivity contribution in [2.24, 2.45) is 5.92 Å². The van der Waals surface area contributed by atoms with Crippen LogP contribution in [0.1, 0.15) is 35.3 Å². The second kappa shape index (κ2) is 7.56. The Balaban J connectivity index is 1.44. The third kappa shape index (κ3) is 3.69. The van der Waals surface area contributed by atoms with Crippen molar-refractivity contribution >= 4 is 0 Å². The van der Waals surface area contributed by atoms with Crippen molar-refractivity contribution in [2.75, 3.05) is 13.1 Å². The number of nitrogens with one attached hydrogen (secondary N) is 1. The van der Waals surface area contributed by atoms with E-state index in [0.29, 0.717) is 31.0 Å². The van der Waals surface area contributed by atoms with E-state index < -0.39 is 11.8 Å². The number of alkyl halides is 2. The molecule has 144 valence electrons. The molecule has 0 amide bonds. The Morgan fingerprint density at radius 1 is 1.25 bits per heavy atom. The first-order chi connectivity index (χ1) is 13.6. The maximum atomic E-state index is 14.3. The quantitative estimate of drug-likeness (QED) is 0.689. The monoisotopic (exact) mass is 382 g/mol. The van der Waals surface area contributed by atoms with Crippen LogP contribution >= 0.6 is 0 Å². The minimum Gasteiger partial charge on any atom is -0.347 e. The highest BCUT2D eigenvalue weighted by Gasteiger charge is 2.44. The lowest BCUT2D eigenvalue weighted by atomic mass is 9.89. The first-order valence-electron chi connectivity index (χ1n) is 9.23. The van der Waals surface area contributed by atoms with E-state index in [0.717, 1.165) is 17.9 Å². The summed E-state index contributed by atoms with van der Waals surface area (Å²) in [5.74, 6) is 3.78. The molecule has 1 aromatic carbocycles. The van der Waals surface area contributed by atoms with E-state index >= 15 is 0 Å². The molecule has 0 unspecified atom stereocenters. The standard InChI is InChI=1S/C21H20F2N4O/c1-2-20-25-9-10-27(20)14-18-11-19(28-26-18)8-5-15-3-6-16(7-4-15)21(22,23)17-12-24-13-17/h3-4,6-7,9-11,17,24H,2,12-14H2,1H3. The molecule has 3 heterocycles. The number of benzene rings is 1. The number of halogens is 2. The van der Waals surface area contributed by atoms with Gasteiger partial charge in [-0.3, -0.25) is 0 Å². The number of imidazole rings is 1. The van der Waals surface area contributed by atoms with Crippen LogP contribution < -0.4 is 5.32 Å². The highest BCUT2D eigenvalue weighted by atomic mass is 19.3. The van der Waals surface area contributed by atoms with E-state index in [1.165, 1.54) is 12.1 Å². The van der Waals surface area contributed by atoms with Crippen molar-refractivity contribution in [1.82, 2.24) is 20.0 Å². The van der Waals surface area contributed by atoms with E-state index in [1.807, 2.05) is 17.7 Å². The van der Waals surface area contributed by atoms with Gasteiger partial charge in [0, 0.05) is 49.1 Å². The van der Waals surface area contributed by atoms with Gasteiger partial charge >= 0.3 is 0 Å². The summed E-state index contributed by atoms with van der Waals surface area (Å²) in [7, 11) is 0. The van der Waals surface area contributed by atoms with Crippen molar-refractivity contribution in [1.29, 1.82) is 0 Å². The van der Waals surface area contributed by atoms with E-state index in [4.69, 9.17) is 4.52 Å². The van der Waals surface area contributed by atoms with Crippen LogP contribution in [0, 0.1) is 17.8 Å². The minimum absolute atomic E-state index is 0.0264. The van der Waals surface area contributed by atoms with Gasteiger partial charge in [-0.1, -0.05) is 30.1 Å². The third-order valence-electron chi connectivity index (χ3n) is 4.90. The van der Waals surface area contributed by atoms with Crippen molar-refractivity contribution in [3.05, 3.63) is 71.1 Å². The molecule has 1 saturated heterocycles. The fourth-order valence-corrected chi connectivity index (χ4v) is 3.11. The summed E-state index contributed by atoms with van der Waals surface area (Å²) in [5.41, 5.74) is 1.42. The molecule has 1 aliphatic rings. The Kier molecular flexibility index (Phi) is 4.97. The molecule has 0 atom stereocenters. The lowest BCUT2D eigenvalue weighted by Crippen LogP contribution is -2.50. The van der Waals surface area contributed by atoms with E-state index in [-0.39, 0.29) is 5.56 Å². The number of aryl methyl sites for hydroxylation is 1. The molecule has 0 spiro atoms. The van der Waals surface area contributed by atoms with Gasteiger partial charge in [0.25, 0.3) is 5.92 Å². The zero-order chi connectivity index (χ0) is 19.6. The normalized spacial score (nSPS) is 14.4. The van der Waals surface area contributed by atoms with Crippen LogP contribution in [0.4, 0.5) is 8.78 Å². The molecule has 28 heavy (non-hydrogen) atoms. The van der Waals surface area contributed by atoms with Gasteiger partial charge in [-0.15, -0.1) is 0 Å². The molecular weight excluding hydrogens is 362 g/mol. The van der Waals surface area contributed by atoms with Crippen LogP contribution in [0.25, 0.3) is 0 Å². The zero-order valence-electron chi connectivity index (χ0n) is 15.5. The Bertz CT molecular complexity index is 1010. The molecule has 5 nitrogen and oxygen atoms in total. The number of nitrogens with zero attached hydrogens (tertiary/aromatic N) is 3. The number of rotatable bonds is 5. The van der Waals surface area contributed by atoms with Crippen LogP contribution in [0.15, 0.2) is 47.2 Å². The van der Waals surface area contributed by atoms with Crippen LogP contribution in [0.2, 0.25) is 0 Å². The second-order valence-electron chi connectivity index (χ2n) is 6.81. The topological polar surface area (TPSA) is 55.9 Å². The Hall–Kier alpha value is -2.98. The van der Waals surface area contributed by atoms with Crippen LogP contribution in [0.3, 0.4) is 0 Å². The lowest BCUT2D eigenvalue weighted by molar-refractivity contribution is -0.0834. The molecule has 4 rings (SSSR count). The molecule has 0 aliphatic carbocycles. The summed E-state index contributed by atoms with van der Waals surface area (Å²) in [4.78, 5) is 4.28. The van der Waals surface area contributed by atoms with Crippen molar-refractivity contribution in [3.63, 3.8) is 0 Å². The van der Waals surface area contributed by atoms with Crippen molar-refractivity contribution in [2.45, 2.75) is 25.8 Å². The first-order valence-corrected chi connectivity index (χ1v) is 9.23. The third-order valence-corrected chi connectivity index (χ3v) is 4.90. The predicted octanol–water partition coefficient (Wildman–Crippen LogP) is 3.19. The summed E-state index contributed by atoms with van der Waals surface area (Å²) < 4.78 is 35.8. The van der Waals surface area contributed by atoms with Gasteiger partial charge in [0.05, 0.1) is 12.5 Å². The average Bonchev–Trinajstić information content (AvgIpc) is 3.28. The second-order valence-corrected chi connectivity index (χ2v) is 6.81. The average molecular weight is 382 g/mol. The summed E-state index contributed by atoms with van der Waals surface area (Å²) in [6.07, 6.45) is 4.49. The van der Waals surface area contributed by atoms with Gasteiger partial charge in [0.1, 0.15) is 11.5 Å². The fourth-order valence-electron chi connectivity index (χ4n) is 3.11. The summed E-state index contributed by atoms with van der Waals surface area (Å²) in [6.45, 7) is 3.30. The number of hydrogen-bond donors (Lipinski definition) is 1. The summed E-state index contributed by atoms with van der Waals surface area (Å²) in [6, 6.07) is 7.88. The minimum atomic E-state index is -2.82. The maximum absolute atomic E-state index is 14.3. The lowest BCUT2D eigenvalue weighted by Gasteiger charge is -2.34. The van der Waals surface area contributed by atoms with E-state index in [2.05, 4.69) is 27.3 Å². The highest BCUT2D eigenvalue weighted by Crippen LogP contribution is 2.37. The largest absolute Gasteiger partial charge is 0.347 e. The molecule has 1 aliphatic heterocycles. The van der Waals surface area contributed by atoms with Crippen LogP contribution in [-0.4, -0.2) is 27.8 Å². The Labute approximate surface area is 161 Å². The van der Waals surface area contributed by atoms with Gasteiger partial charge in [-0.25, -0.2) is 13.8 Å². The molecule has 1 fully saturated rings. The van der Waals surface area contributed by atoms with Crippen molar-refractivity contribution in [3.8, 4) is 11.8 Å². The van der Waals surface area contributed by atoms with Crippen LogP contribution in [-0.2, 0) is 18.9 Å². The number of aromatic nitrogens is 3. The zero-order valence-corrected chi connectivity index (χ0v) is 15.5. The SMILES string of the molecule is CCc1nccn1Cc1cc(C#Cc2ccc(C(F)(F)C3CNC3)cc2)on1. The van der Waals surface area contributed by atoms with Crippen molar-refractivity contribution < 1.29 is 13.3 Å². The van der Waals surface area contributed by atoms with Gasteiger partial charge in [-0.2, -0.15) is 0 Å². The predicted molar refractivity (Wildman–Crippen MR) is 99.9 cm³/mol. The van der Waals surface area contributed by atoms with Crippen LogP contribution in [0.5, 0.6) is 0 Å². The Morgan fingerprint density at radius 3 is 2.71 bits per heavy atom. The summed E-state index contributed by atoms with van der Waals surface area (Å²) in [5, 5.41) is 6.91. The van der Waals surface area contributed by atoms with Gasteiger partial charge in [-0.05, 0) is 18.1 Å². The molecule has 0 radical (unpaired) electrons. The smallest absolute Gasteiger partial charge is 0.278 e. The van der Waals surface area contributed by atoms with Gasteiger partial charge < -0.3 is 14.4 Å². The summed E-state index contributed by atoms with van der Waals surface area (Å²) >= 11 is 0. The molecule has 0 bridgehead atoms. The first kappa shape index (κ1) is 18.4. The molecule has 0 saturated carbocycles. The molecule has 7 heteroatoms. The molecule has 2 aromatic heterocycles. The highest BCUT2D eigenvalue weighted by molar-refractivity contribution is 5.41. The van der Waals surface area contributed by atoms with E-state index in [1.54, 1.807) is 24.4 Å². The van der Waals surface area contributed by atoms with Gasteiger partial charge in [0.2, 0.25) is 5.76 Å². The number of hydrogen-bond acceptors (Lipinski definition) is 4. The van der Waals surface area contributed by atoms with Gasteiger partial charge in [0.15, 0.2) is 0 Å². The van der Waals surface area contributed by atoms with E-state index in [9.17, 15) is 8.78 Å². The molecule has 1 N–H and O–H groups in total. The fraction of sp³-hybridized carbons (Fsp3) is 0.333. The maximum Gasteiger partial charge on any atom is 0.278 e. The Morgan fingerprint density at radius 2 is 2.04 bits per heavy atom. The molecular formula is C21H20F2N4O. The molecule has 3 aromatic rings.